The Balaban J connectivity index is 1.60. The number of nitrogens with zero attached hydrogens (tertiary/aromatic N) is 3. The summed E-state index contributed by atoms with van der Waals surface area (Å²) in [6.07, 6.45) is 1.64. The van der Waals surface area contributed by atoms with Crippen molar-refractivity contribution < 1.29 is 22.0 Å². The Morgan fingerprint density at radius 2 is 1.72 bits per heavy atom. The Bertz CT molecular complexity index is 1190. The molecule has 0 aliphatic carbocycles. The van der Waals surface area contributed by atoms with Gasteiger partial charge >= 0.3 is 5.76 Å². The van der Waals surface area contributed by atoms with Crippen LogP contribution in [0.15, 0.2) is 59.6 Å². The maximum absolute atomic E-state index is 12.9. The number of alkyl halides is 2. The van der Waals surface area contributed by atoms with Gasteiger partial charge in [-0.3, -0.25) is 4.79 Å². The Kier molecular flexibility index (Phi) is 7.25. The molecule has 2 heterocycles. The third-order valence-electron chi connectivity index (χ3n) is 4.15. The van der Waals surface area contributed by atoms with E-state index in [1.807, 2.05) is 6.07 Å². The van der Waals surface area contributed by atoms with Gasteiger partial charge < -0.3 is 16.0 Å². The van der Waals surface area contributed by atoms with E-state index in [-0.39, 0.29) is 18.7 Å². The van der Waals surface area contributed by atoms with E-state index in [0.717, 1.165) is 6.07 Å². The molecule has 0 fully saturated rings. The van der Waals surface area contributed by atoms with E-state index < -0.39 is 26.4 Å². The van der Waals surface area contributed by atoms with Crippen LogP contribution in [0, 0.1) is 6.92 Å². The molecule has 3 aromatic rings. The SMILES string of the molecule is Cc1nc(NCCNC(=O)c2ccccc2S(=O)(=O)C(F)F)cc(Nc2ccccn2)n1. The fourth-order valence-electron chi connectivity index (χ4n) is 2.75. The summed E-state index contributed by atoms with van der Waals surface area (Å²) < 4.78 is 49.4. The van der Waals surface area contributed by atoms with Crippen LogP contribution in [0.25, 0.3) is 0 Å². The molecule has 0 bridgehead atoms. The van der Waals surface area contributed by atoms with Crippen molar-refractivity contribution in [2.24, 2.45) is 0 Å². The lowest BCUT2D eigenvalue weighted by molar-refractivity contribution is 0.0951. The van der Waals surface area contributed by atoms with E-state index in [4.69, 9.17) is 0 Å². The molecule has 0 aliphatic rings. The van der Waals surface area contributed by atoms with Crippen LogP contribution < -0.4 is 16.0 Å². The molecule has 0 saturated carbocycles. The van der Waals surface area contributed by atoms with Crippen LogP contribution in [0.1, 0.15) is 16.2 Å². The molecular weight excluding hydrogens is 442 g/mol. The average Bonchev–Trinajstić information content (AvgIpc) is 2.77. The van der Waals surface area contributed by atoms with Gasteiger partial charge in [0.1, 0.15) is 23.3 Å². The second-order valence-corrected chi connectivity index (χ2v) is 8.40. The topological polar surface area (TPSA) is 126 Å². The molecule has 0 atom stereocenters. The van der Waals surface area contributed by atoms with Crippen LogP contribution in [0.5, 0.6) is 0 Å². The predicted octanol–water partition coefficient (Wildman–Crippen LogP) is 2.76. The number of hydrogen-bond donors (Lipinski definition) is 3. The van der Waals surface area contributed by atoms with E-state index in [2.05, 4.69) is 30.9 Å². The standard InChI is InChI=1S/C20H20F2N6O3S/c1-13-26-17(12-18(27-13)28-16-8-4-5-9-23-16)24-10-11-25-19(29)14-6-2-3-7-15(14)32(30,31)20(21)22/h2-9,12,20H,10-11H2,1H3,(H,25,29)(H2,23,24,26,27,28). The number of aromatic nitrogens is 3. The number of aryl methyl sites for hydroxylation is 1. The summed E-state index contributed by atoms with van der Waals surface area (Å²) in [4.78, 5) is 24.4. The van der Waals surface area contributed by atoms with Gasteiger partial charge in [0.2, 0.25) is 9.84 Å². The summed E-state index contributed by atoms with van der Waals surface area (Å²) >= 11 is 0. The maximum atomic E-state index is 12.9. The normalized spacial score (nSPS) is 11.2. The van der Waals surface area contributed by atoms with Gasteiger partial charge in [-0.25, -0.2) is 23.4 Å². The summed E-state index contributed by atoms with van der Waals surface area (Å²) in [6, 6.07) is 11.9. The molecule has 9 nitrogen and oxygen atoms in total. The van der Waals surface area contributed by atoms with Gasteiger partial charge in [0.25, 0.3) is 5.91 Å². The number of anilines is 3. The fourth-order valence-corrected chi connectivity index (χ4v) is 3.68. The summed E-state index contributed by atoms with van der Waals surface area (Å²) in [5, 5.41) is 8.58. The van der Waals surface area contributed by atoms with E-state index in [9.17, 15) is 22.0 Å². The molecule has 0 radical (unpaired) electrons. The first-order valence-corrected chi connectivity index (χ1v) is 11.0. The molecule has 168 valence electrons. The second-order valence-electron chi connectivity index (χ2n) is 6.51. The van der Waals surface area contributed by atoms with Crippen molar-refractivity contribution in [2.45, 2.75) is 17.6 Å². The van der Waals surface area contributed by atoms with Crippen LogP contribution in [-0.4, -0.2) is 48.1 Å². The highest BCUT2D eigenvalue weighted by molar-refractivity contribution is 7.91. The van der Waals surface area contributed by atoms with Crippen LogP contribution in [0.4, 0.5) is 26.2 Å². The zero-order valence-electron chi connectivity index (χ0n) is 16.9. The first-order chi connectivity index (χ1) is 15.3. The molecular formula is C20H20F2N6O3S. The largest absolute Gasteiger partial charge is 0.368 e. The van der Waals surface area contributed by atoms with Gasteiger partial charge in [0, 0.05) is 25.4 Å². The smallest absolute Gasteiger partial charge is 0.341 e. The number of nitrogens with one attached hydrogen (secondary N) is 3. The second kappa shape index (κ2) is 10.1. The van der Waals surface area contributed by atoms with Crippen molar-refractivity contribution in [3.8, 4) is 0 Å². The molecule has 1 amide bonds. The Hall–Kier alpha value is -3.67. The number of carbonyl (C=O) groups is 1. The molecule has 3 N–H and O–H groups in total. The summed E-state index contributed by atoms with van der Waals surface area (Å²) in [5.41, 5.74) is -0.340. The molecule has 1 aromatic carbocycles. The predicted molar refractivity (Wildman–Crippen MR) is 115 cm³/mol. The van der Waals surface area contributed by atoms with Crippen LogP contribution >= 0.6 is 0 Å². The minimum Gasteiger partial charge on any atom is -0.368 e. The highest BCUT2D eigenvalue weighted by Crippen LogP contribution is 2.22. The molecule has 0 spiro atoms. The van der Waals surface area contributed by atoms with E-state index in [0.29, 0.717) is 23.3 Å². The fraction of sp³-hybridized carbons (Fsp3) is 0.200. The minimum absolute atomic E-state index is 0.0912. The molecule has 0 unspecified atom stereocenters. The lowest BCUT2D eigenvalue weighted by atomic mass is 10.2. The maximum Gasteiger partial charge on any atom is 0.341 e. The molecule has 0 aliphatic heterocycles. The number of sulfone groups is 1. The van der Waals surface area contributed by atoms with Gasteiger partial charge in [-0.1, -0.05) is 18.2 Å². The highest BCUT2D eigenvalue weighted by atomic mass is 32.2. The Morgan fingerprint density at radius 3 is 2.44 bits per heavy atom. The number of pyridine rings is 1. The van der Waals surface area contributed by atoms with Crippen molar-refractivity contribution in [3.63, 3.8) is 0 Å². The van der Waals surface area contributed by atoms with Crippen molar-refractivity contribution in [1.29, 1.82) is 0 Å². The van der Waals surface area contributed by atoms with Crippen molar-refractivity contribution in [1.82, 2.24) is 20.3 Å². The third-order valence-corrected chi connectivity index (χ3v) is 5.59. The molecule has 12 heteroatoms. The zero-order chi connectivity index (χ0) is 23.1. The monoisotopic (exact) mass is 462 g/mol. The molecule has 0 saturated heterocycles. The first-order valence-electron chi connectivity index (χ1n) is 9.44. The molecule has 2 aromatic heterocycles. The summed E-state index contributed by atoms with van der Waals surface area (Å²) in [5.74, 6) is -2.26. The highest BCUT2D eigenvalue weighted by Gasteiger charge is 2.30. The van der Waals surface area contributed by atoms with Crippen molar-refractivity contribution in [2.75, 3.05) is 23.7 Å². The number of hydrogen-bond acceptors (Lipinski definition) is 8. The molecule has 3 rings (SSSR count). The van der Waals surface area contributed by atoms with Gasteiger partial charge in [-0.2, -0.15) is 8.78 Å². The lowest BCUT2D eigenvalue weighted by Gasteiger charge is -2.12. The van der Waals surface area contributed by atoms with Gasteiger partial charge in [0.15, 0.2) is 0 Å². The third kappa shape index (κ3) is 5.72. The number of amides is 1. The van der Waals surface area contributed by atoms with Gasteiger partial charge in [-0.05, 0) is 31.2 Å². The summed E-state index contributed by atoms with van der Waals surface area (Å²) in [6.45, 7) is 2.06. The quantitative estimate of drug-likeness (QED) is 0.415. The van der Waals surface area contributed by atoms with Gasteiger partial charge in [-0.15, -0.1) is 0 Å². The zero-order valence-corrected chi connectivity index (χ0v) is 17.7. The number of halogens is 2. The average molecular weight is 462 g/mol. The van der Waals surface area contributed by atoms with Crippen LogP contribution in [-0.2, 0) is 9.84 Å². The first kappa shape index (κ1) is 23.0. The van der Waals surface area contributed by atoms with E-state index in [1.54, 1.807) is 31.3 Å². The minimum atomic E-state index is -4.90. The lowest BCUT2D eigenvalue weighted by Crippen LogP contribution is -2.30. The van der Waals surface area contributed by atoms with Gasteiger partial charge in [0.05, 0.1) is 10.5 Å². The molecule has 32 heavy (non-hydrogen) atoms. The van der Waals surface area contributed by atoms with Crippen molar-refractivity contribution in [3.05, 3.63) is 66.1 Å². The number of rotatable bonds is 9. The van der Waals surface area contributed by atoms with E-state index >= 15 is 0 Å². The Morgan fingerprint density at radius 1 is 1.00 bits per heavy atom. The number of benzene rings is 1. The van der Waals surface area contributed by atoms with Crippen LogP contribution in [0.3, 0.4) is 0 Å². The van der Waals surface area contributed by atoms with E-state index in [1.165, 1.54) is 18.2 Å². The van der Waals surface area contributed by atoms with Crippen LogP contribution in [0.2, 0.25) is 0 Å². The summed E-state index contributed by atoms with van der Waals surface area (Å²) in [7, 11) is -4.90. The van der Waals surface area contributed by atoms with Crippen molar-refractivity contribution >= 4 is 33.2 Å². The number of carbonyl (C=O) groups excluding carboxylic acids is 1. The Labute approximate surface area is 183 Å².